The largest absolute Gasteiger partial charge is 0.334 e. The lowest BCUT2D eigenvalue weighted by atomic mass is 10.2. The van der Waals surface area contributed by atoms with Crippen LogP contribution in [0.1, 0.15) is 5.82 Å². The molecule has 0 aliphatic carbocycles. The molecule has 2 N–H and O–H groups in total. The summed E-state index contributed by atoms with van der Waals surface area (Å²) in [6, 6.07) is 5.91. The molecule has 0 aliphatic heterocycles. The lowest BCUT2D eigenvalue weighted by Gasteiger charge is -1.98. The second kappa shape index (κ2) is 4.58. The number of hydrogen-bond donors (Lipinski definition) is 1. The van der Waals surface area contributed by atoms with Crippen LogP contribution in [0.5, 0.6) is 0 Å². The molecule has 1 heterocycles. The van der Waals surface area contributed by atoms with Crippen molar-refractivity contribution in [2.75, 3.05) is 0 Å². The zero-order chi connectivity index (χ0) is 10.8. The van der Waals surface area contributed by atoms with Gasteiger partial charge in [-0.1, -0.05) is 5.16 Å². The molecule has 0 bridgehead atoms. The second-order valence-corrected chi connectivity index (χ2v) is 4.94. The number of nitrogens with two attached hydrogens (primary N) is 1. The number of halogens is 2. The molecule has 0 unspecified atom stereocenters. The molecule has 0 amide bonds. The molecule has 2 aromatic rings. The Labute approximate surface area is 109 Å². The van der Waals surface area contributed by atoms with Crippen molar-refractivity contribution in [2.24, 2.45) is 5.73 Å². The third kappa shape index (κ3) is 2.37. The summed E-state index contributed by atoms with van der Waals surface area (Å²) in [7, 11) is 0. The molecule has 1 aromatic carbocycles. The van der Waals surface area contributed by atoms with Crippen molar-refractivity contribution in [3.8, 4) is 11.5 Å². The third-order valence-corrected chi connectivity index (χ3v) is 3.17. The monoisotopic (exact) mass is 379 g/mol. The first-order valence-electron chi connectivity index (χ1n) is 4.19. The average molecular weight is 380 g/mol. The zero-order valence-electron chi connectivity index (χ0n) is 7.58. The quantitative estimate of drug-likeness (QED) is 0.814. The standard InChI is InChI=1S/C9H7BrIN3O/c10-7-2-1-5(11)3-6(7)9-13-8(4-12)14-15-9/h1-3H,4,12H2. The van der Waals surface area contributed by atoms with E-state index in [4.69, 9.17) is 10.3 Å². The van der Waals surface area contributed by atoms with Crippen LogP contribution in [0.2, 0.25) is 0 Å². The first-order valence-corrected chi connectivity index (χ1v) is 6.06. The van der Waals surface area contributed by atoms with Crippen LogP contribution in [0.4, 0.5) is 0 Å². The summed E-state index contributed by atoms with van der Waals surface area (Å²) < 4.78 is 7.14. The molecule has 1 aromatic heterocycles. The van der Waals surface area contributed by atoms with Gasteiger partial charge in [0.1, 0.15) is 0 Å². The predicted molar refractivity (Wildman–Crippen MR) is 68.0 cm³/mol. The van der Waals surface area contributed by atoms with E-state index in [9.17, 15) is 0 Å². The number of nitrogens with zero attached hydrogens (tertiary/aromatic N) is 2. The van der Waals surface area contributed by atoms with E-state index in [0.717, 1.165) is 13.6 Å². The summed E-state index contributed by atoms with van der Waals surface area (Å²) in [5.74, 6) is 0.997. The van der Waals surface area contributed by atoms with Gasteiger partial charge in [-0.05, 0) is 56.7 Å². The normalized spacial score (nSPS) is 10.6. The topological polar surface area (TPSA) is 64.9 Å². The summed E-state index contributed by atoms with van der Waals surface area (Å²) in [6.07, 6.45) is 0. The summed E-state index contributed by atoms with van der Waals surface area (Å²) in [4.78, 5) is 4.16. The lowest BCUT2D eigenvalue weighted by molar-refractivity contribution is 0.422. The minimum absolute atomic E-state index is 0.283. The van der Waals surface area contributed by atoms with Crippen molar-refractivity contribution in [2.45, 2.75) is 6.54 Å². The van der Waals surface area contributed by atoms with E-state index in [1.165, 1.54) is 0 Å². The fourth-order valence-electron chi connectivity index (χ4n) is 1.11. The molecule has 0 fully saturated rings. The summed E-state index contributed by atoms with van der Waals surface area (Å²) >= 11 is 5.67. The fourth-order valence-corrected chi connectivity index (χ4v) is 2.02. The first-order chi connectivity index (χ1) is 7.20. The van der Waals surface area contributed by atoms with Crippen molar-refractivity contribution in [1.29, 1.82) is 0 Å². The van der Waals surface area contributed by atoms with E-state index in [0.29, 0.717) is 11.7 Å². The number of rotatable bonds is 2. The number of benzene rings is 1. The molecule has 0 aliphatic rings. The van der Waals surface area contributed by atoms with Crippen molar-refractivity contribution in [3.63, 3.8) is 0 Å². The van der Waals surface area contributed by atoms with Crippen LogP contribution in [0.3, 0.4) is 0 Å². The highest BCUT2D eigenvalue weighted by Gasteiger charge is 2.11. The number of hydrogen-bond acceptors (Lipinski definition) is 4. The van der Waals surface area contributed by atoms with Crippen LogP contribution >= 0.6 is 38.5 Å². The molecule has 0 radical (unpaired) electrons. The van der Waals surface area contributed by atoms with Crippen LogP contribution in [0.15, 0.2) is 27.2 Å². The minimum atomic E-state index is 0.283. The van der Waals surface area contributed by atoms with Crippen LogP contribution in [-0.4, -0.2) is 10.1 Å². The zero-order valence-corrected chi connectivity index (χ0v) is 11.3. The van der Waals surface area contributed by atoms with Gasteiger partial charge in [-0.15, -0.1) is 0 Å². The maximum Gasteiger partial charge on any atom is 0.259 e. The Bertz CT molecular complexity index is 486. The first kappa shape index (κ1) is 11.0. The van der Waals surface area contributed by atoms with Gasteiger partial charge in [-0.3, -0.25) is 0 Å². The van der Waals surface area contributed by atoms with Crippen molar-refractivity contribution in [1.82, 2.24) is 10.1 Å². The Kier molecular flexibility index (Phi) is 3.37. The molecular weight excluding hydrogens is 373 g/mol. The van der Waals surface area contributed by atoms with E-state index in [1.807, 2.05) is 18.2 Å². The second-order valence-electron chi connectivity index (χ2n) is 2.84. The van der Waals surface area contributed by atoms with E-state index < -0.39 is 0 Å². The van der Waals surface area contributed by atoms with Crippen molar-refractivity contribution in [3.05, 3.63) is 32.1 Å². The SMILES string of the molecule is NCc1noc(-c2cc(I)ccc2Br)n1. The smallest absolute Gasteiger partial charge is 0.259 e. The summed E-state index contributed by atoms with van der Waals surface area (Å²) in [5, 5.41) is 3.75. The van der Waals surface area contributed by atoms with Crippen LogP contribution < -0.4 is 5.73 Å². The highest BCUT2D eigenvalue weighted by molar-refractivity contribution is 14.1. The molecule has 78 valence electrons. The van der Waals surface area contributed by atoms with Crippen LogP contribution in [-0.2, 0) is 6.54 Å². The Morgan fingerprint density at radius 1 is 1.47 bits per heavy atom. The molecule has 0 spiro atoms. The van der Waals surface area contributed by atoms with Gasteiger partial charge < -0.3 is 10.3 Å². The van der Waals surface area contributed by atoms with Gasteiger partial charge in [-0.2, -0.15) is 4.98 Å². The van der Waals surface area contributed by atoms with Crippen molar-refractivity contribution >= 4 is 38.5 Å². The van der Waals surface area contributed by atoms with Crippen LogP contribution in [0.25, 0.3) is 11.5 Å². The Balaban J connectivity index is 2.48. The highest BCUT2D eigenvalue weighted by Crippen LogP contribution is 2.28. The molecule has 2 rings (SSSR count). The molecule has 0 saturated carbocycles. The Hall–Kier alpha value is -0.470. The lowest BCUT2D eigenvalue weighted by Crippen LogP contribution is -1.97. The number of aromatic nitrogens is 2. The van der Waals surface area contributed by atoms with Gasteiger partial charge >= 0.3 is 0 Å². The Morgan fingerprint density at radius 3 is 2.93 bits per heavy atom. The van der Waals surface area contributed by atoms with E-state index in [1.54, 1.807) is 0 Å². The summed E-state index contributed by atoms with van der Waals surface area (Å²) in [5.41, 5.74) is 6.29. The molecule has 0 atom stereocenters. The minimum Gasteiger partial charge on any atom is -0.334 e. The van der Waals surface area contributed by atoms with Crippen molar-refractivity contribution < 1.29 is 4.52 Å². The average Bonchev–Trinajstić information content (AvgIpc) is 2.70. The highest BCUT2D eigenvalue weighted by atomic mass is 127. The third-order valence-electron chi connectivity index (χ3n) is 1.81. The molecule has 6 heteroatoms. The maximum atomic E-state index is 5.41. The molecule has 15 heavy (non-hydrogen) atoms. The summed E-state index contributed by atoms with van der Waals surface area (Å²) in [6.45, 7) is 0.283. The van der Waals surface area contributed by atoms with E-state index in [-0.39, 0.29) is 6.54 Å². The molecule has 4 nitrogen and oxygen atoms in total. The van der Waals surface area contributed by atoms with Gasteiger partial charge in [0.2, 0.25) is 0 Å². The Morgan fingerprint density at radius 2 is 2.27 bits per heavy atom. The van der Waals surface area contributed by atoms with Gasteiger partial charge in [0.05, 0.1) is 12.1 Å². The predicted octanol–water partition coefficient (Wildman–Crippen LogP) is 2.56. The van der Waals surface area contributed by atoms with Crippen LogP contribution in [0, 0.1) is 3.57 Å². The maximum absolute atomic E-state index is 5.41. The molecular formula is C9H7BrIN3O. The molecule has 0 saturated heterocycles. The van der Waals surface area contributed by atoms with Gasteiger partial charge in [0, 0.05) is 8.04 Å². The van der Waals surface area contributed by atoms with Gasteiger partial charge in [0.25, 0.3) is 5.89 Å². The van der Waals surface area contributed by atoms with Gasteiger partial charge in [0.15, 0.2) is 5.82 Å². The van der Waals surface area contributed by atoms with E-state index >= 15 is 0 Å². The fraction of sp³-hybridized carbons (Fsp3) is 0.111. The van der Waals surface area contributed by atoms with Gasteiger partial charge in [-0.25, -0.2) is 0 Å². The van der Waals surface area contributed by atoms with E-state index in [2.05, 4.69) is 48.7 Å².